The van der Waals surface area contributed by atoms with Crippen LogP contribution in [0.1, 0.15) is 10.4 Å². The van der Waals surface area contributed by atoms with Crippen LogP contribution in [0.3, 0.4) is 0 Å². The first-order valence-corrected chi connectivity index (χ1v) is 7.00. The number of benzene rings is 1. The van der Waals surface area contributed by atoms with E-state index >= 15 is 0 Å². The number of nitrogens with two attached hydrogens (primary N) is 1. The maximum Gasteiger partial charge on any atom is 0.335 e. The zero-order valence-electron chi connectivity index (χ0n) is 10.4. The zero-order chi connectivity index (χ0) is 15.2. The zero-order valence-corrected chi connectivity index (χ0v) is 11.2. The maximum atomic E-state index is 11.8. The molecule has 0 saturated carbocycles. The van der Waals surface area contributed by atoms with Gasteiger partial charge in [-0.05, 0) is 24.3 Å². The molecule has 1 aromatic rings. The van der Waals surface area contributed by atoms with Gasteiger partial charge in [-0.1, -0.05) is 0 Å². The van der Waals surface area contributed by atoms with E-state index in [9.17, 15) is 18.0 Å². The average molecular weight is 302 g/mol. The Bertz CT molecular complexity index is 581. The molecule has 0 radical (unpaired) electrons. The lowest BCUT2D eigenvalue weighted by atomic mass is 10.2. The minimum Gasteiger partial charge on any atom is -0.478 e. The van der Waals surface area contributed by atoms with E-state index in [1.807, 2.05) is 0 Å². The van der Waals surface area contributed by atoms with Crippen molar-refractivity contribution in [3.63, 3.8) is 0 Å². The molecule has 8 nitrogen and oxygen atoms in total. The predicted octanol–water partition coefficient (Wildman–Crippen LogP) is -0.835. The molecule has 4 N–H and O–H groups in total. The number of ether oxygens (including phenoxy) is 1. The van der Waals surface area contributed by atoms with Gasteiger partial charge >= 0.3 is 5.97 Å². The van der Waals surface area contributed by atoms with E-state index in [0.717, 1.165) is 0 Å². The Balaban J connectivity index is 2.56. The monoisotopic (exact) mass is 302 g/mol. The van der Waals surface area contributed by atoms with Crippen molar-refractivity contribution in [3.8, 4) is 0 Å². The average Bonchev–Trinajstić information content (AvgIpc) is 2.38. The van der Waals surface area contributed by atoms with Crippen molar-refractivity contribution in [2.75, 3.05) is 19.8 Å². The fourth-order valence-corrected chi connectivity index (χ4v) is 2.29. The molecule has 20 heavy (non-hydrogen) atoms. The molecule has 0 fully saturated rings. The molecule has 1 amide bonds. The summed E-state index contributed by atoms with van der Waals surface area (Å²) in [4.78, 5) is 21.0. The van der Waals surface area contributed by atoms with Gasteiger partial charge in [-0.2, -0.15) is 0 Å². The molecule has 0 aliphatic rings. The topological polar surface area (TPSA) is 136 Å². The van der Waals surface area contributed by atoms with Crippen LogP contribution in [-0.2, 0) is 19.6 Å². The minimum atomic E-state index is -3.74. The Labute approximate surface area is 115 Å². The molecule has 110 valence electrons. The van der Waals surface area contributed by atoms with Gasteiger partial charge in [0.05, 0.1) is 17.1 Å². The fraction of sp³-hybridized carbons (Fsp3) is 0.273. The van der Waals surface area contributed by atoms with Gasteiger partial charge < -0.3 is 15.6 Å². The highest BCUT2D eigenvalue weighted by molar-refractivity contribution is 7.89. The third-order valence-electron chi connectivity index (χ3n) is 2.19. The van der Waals surface area contributed by atoms with Crippen LogP contribution in [0.2, 0.25) is 0 Å². The van der Waals surface area contributed by atoms with Crippen LogP contribution in [0.15, 0.2) is 29.2 Å². The third kappa shape index (κ3) is 4.96. The molecule has 0 atom stereocenters. The molecule has 1 aromatic carbocycles. The molecule has 0 aliphatic heterocycles. The van der Waals surface area contributed by atoms with Crippen LogP contribution >= 0.6 is 0 Å². The van der Waals surface area contributed by atoms with Crippen LogP contribution in [0, 0.1) is 0 Å². The van der Waals surface area contributed by atoms with Crippen molar-refractivity contribution in [2.45, 2.75) is 4.90 Å². The van der Waals surface area contributed by atoms with Gasteiger partial charge in [0.15, 0.2) is 0 Å². The van der Waals surface area contributed by atoms with Crippen molar-refractivity contribution < 1.29 is 27.9 Å². The number of rotatable bonds is 8. The standard InChI is InChI=1S/C11H14N2O6S/c12-10(14)7-19-6-5-13-20(17,18)9-3-1-8(2-4-9)11(15)16/h1-4,13H,5-7H2,(H2,12,14)(H,15,16). The van der Waals surface area contributed by atoms with E-state index in [2.05, 4.69) is 4.72 Å². The molecule has 0 aromatic heterocycles. The number of carboxylic acids is 1. The van der Waals surface area contributed by atoms with Crippen molar-refractivity contribution in [2.24, 2.45) is 5.73 Å². The van der Waals surface area contributed by atoms with Gasteiger partial charge in [0.25, 0.3) is 0 Å². The number of nitrogens with one attached hydrogen (secondary N) is 1. The second kappa shape index (κ2) is 6.98. The first-order chi connectivity index (χ1) is 9.33. The number of primary amides is 1. The summed E-state index contributed by atoms with van der Waals surface area (Å²) < 4.78 is 30.7. The SMILES string of the molecule is NC(=O)COCCNS(=O)(=O)c1ccc(C(=O)O)cc1. The Morgan fingerprint density at radius 2 is 1.85 bits per heavy atom. The predicted molar refractivity (Wildman–Crippen MR) is 68.6 cm³/mol. The van der Waals surface area contributed by atoms with E-state index in [0.29, 0.717) is 0 Å². The molecular weight excluding hydrogens is 288 g/mol. The van der Waals surface area contributed by atoms with Crippen LogP contribution < -0.4 is 10.5 Å². The van der Waals surface area contributed by atoms with E-state index < -0.39 is 21.9 Å². The molecule has 0 bridgehead atoms. The summed E-state index contributed by atoms with van der Waals surface area (Å²) >= 11 is 0. The van der Waals surface area contributed by atoms with Gasteiger partial charge in [-0.15, -0.1) is 0 Å². The van der Waals surface area contributed by atoms with Crippen LogP contribution in [0.4, 0.5) is 0 Å². The summed E-state index contributed by atoms with van der Waals surface area (Å²) in [7, 11) is -3.74. The number of hydrogen-bond acceptors (Lipinski definition) is 5. The van der Waals surface area contributed by atoms with Gasteiger partial charge in [-0.25, -0.2) is 17.9 Å². The fourth-order valence-electron chi connectivity index (χ4n) is 1.28. The molecule has 1 rings (SSSR count). The van der Waals surface area contributed by atoms with Gasteiger partial charge in [0.2, 0.25) is 15.9 Å². The number of sulfonamides is 1. The lowest BCUT2D eigenvalue weighted by Crippen LogP contribution is -2.29. The van der Waals surface area contributed by atoms with E-state index in [-0.39, 0.29) is 30.2 Å². The van der Waals surface area contributed by atoms with E-state index in [4.69, 9.17) is 15.6 Å². The highest BCUT2D eigenvalue weighted by atomic mass is 32.2. The van der Waals surface area contributed by atoms with Crippen molar-refractivity contribution >= 4 is 21.9 Å². The Morgan fingerprint density at radius 3 is 2.35 bits per heavy atom. The Kier molecular flexibility index (Phi) is 5.62. The minimum absolute atomic E-state index is 0.00458. The van der Waals surface area contributed by atoms with Gasteiger partial charge in [0.1, 0.15) is 6.61 Å². The highest BCUT2D eigenvalue weighted by Crippen LogP contribution is 2.10. The van der Waals surface area contributed by atoms with Crippen molar-refractivity contribution in [3.05, 3.63) is 29.8 Å². The lowest BCUT2D eigenvalue weighted by molar-refractivity contribution is -0.122. The molecule has 0 unspecified atom stereocenters. The highest BCUT2D eigenvalue weighted by Gasteiger charge is 2.14. The lowest BCUT2D eigenvalue weighted by Gasteiger charge is -2.07. The number of amides is 1. The molecule has 0 aliphatic carbocycles. The summed E-state index contributed by atoms with van der Waals surface area (Å²) in [5.41, 5.74) is 4.83. The normalized spacial score (nSPS) is 11.2. The first kappa shape index (κ1) is 16.1. The summed E-state index contributed by atoms with van der Waals surface area (Å²) in [5, 5.41) is 8.70. The molecule has 0 saturated heterocycles. The maximum absolute atomic E-state index is 11.8. The second-order valence-electron chi connectivity index (χ2n) is 3.75. The number of aromatic carboxylic acids is 1. The van der Waals surface area contributed by atoms with E-state index in [1.54, 1.807) is 0 Å². The number of carbonyl (C=O) groups excluding carboxylic acids is 1. The molecule has 0 spiro atoms. The third-order valence-corrected chi connectivity index (χ3v) is 3.67. The molecule has 9 heteroatoms. The van der Waals surface area contributed by atoms with E-state index in [1.165, 1.54) is 24.3 Å². The van der Waals surface area contributed by atoms with Crippen molar-refractivity contribution in [1.82, 2.24) is 4.72 Å². The van der Waals surface area contributed by atoms with Gasteiger partial charge in [-0.3, -0.25) is 4.79 Å². The summed E-state index contributed by atoms with van der Waals surface area (Å²) in [6.07, 6.45) is 0. The quantitative estimate of drug-likeness (QED) is 0.536. The van der Waals surface area contributed by atoms with Crippen LogP contribution in [0.5, 0.6) is 0 Å². The Hall–Kier alpha value is -1.97. The number of carbonyl (C=O) groups is 2. The van der Waals surface area contributed by atoms with Crippen molar-refractivity contribution in [1.29, 1.82) is 0 Å². The first-order valence-electron chi connectivity index (χ1n) is 5.52. The van der Waals surface area contributed by atoms with Crippen LogP contribution in [0.25, 0.3) is 0 Å². The van der Waals surface area contributed by atoms with Crippen LogP contribution in [-0.4, -0.2) is 45.2 Å². The molecular formula is C11H14N2O6S. The number of carboxylic acid groups (broad SMARTS) is 1. The smallest absolute Gasteiger partial charge is 0.335 e. The summed E-state index contributed by atoms with van der Waals surface area (Å²) in [5.74, 6) is -1.78. The summed E-state index contributed by atoms with van der Waals surface area (Å²) in [6.45, 7) is -0.319. The second-order valence-corrected chi connectivity index (χ2v) is 5.51. The summed E-state index contributed by atoms with van der Waals surface area (Å²) in [6, 6.07) is 4.77. The largest absolute Gasteiger partial charge is 0.478 e. The number of hydrogen-bond donors (Lipinski definition) is 3. The Morgan fingerprint density at radius 1 is 1.25 bits per heavy atom. The van der Waals surface area contributed by atoms with Gasteiger partial charge in [0, 0.05) is 6.54 Å². The molecule has 0 heterocycles.